The summed E-state index contributed by atoms with van der Waals surface area (Å²) in [7, 11) is 0. The Balaban J connectivity index is 2.37. The molecule has 2 heteroatoms. The van der Waals surface area contributed by atoms with Crippen LogP contribution in [0.25, 0.3) is 0 Å². The molecule has 0 bridgehead atoms. The summed E-state index contributed by atoms with van der Waals surface area (Å²) in [5.41, 5.74) is 8.72. The van der Waals surface area contributed by atoms with E-state index in [0.29, 0.717) is 6.04 Å². The lowest BCUT2D eigenvalue weighted by Crippen LogP contribution is -2.27. The molecule has 0 saturated carbocycles. The average molecular weight is 179 g/mol. The molecule has 0 heterocycles. The van der Waals surface area contributed by atoms with Crippen molar-refractivity contribution in [2.45, 2.75) is 30.2 Å². The van der Waals surface area contributed by atoms with E-state index in [2.05, 4.69) is 30.8 Å². The van der Waals surface area contributed by atoms with Gasteiger partial charge in [-0.3, -0.25) is 0 Å². The van der Waals surface area contributed by atoms with E-state index >= 15 is 0 Å². The van der Waals surface area contributed by atoms with Crippen molar-refractivity contribution < 1.29 is 0 Å². The standard InChI is InChI=1S/C10H13NS/c11-9-3-1-7-2-4-10(12)6-8(7)5-9/h2,4,6,9,12H,1,3,5,11H2. The quantitative estimate of drug-likeness (QED) is 0.583. The number of benzene rings is 1. The summed E-state index contributed by atoms with van der Waals surface area (Å²) in [6, 6.07) is 6.72. The minimum atomic E-state index is 0.354. The Labute approximate surface area is 78.4 Å². The first-order valence-corrected chi connectivity index (χ1v) is 4.77. The van der Waals surface area contributed by atoms with E-state index in [-0.39, 0.29) is 0 Å². The van der Waals surface area contributed by atoms with Crippen LogP contribution in [0.2, 0.25) is 0 Å². The molecule has 1 aliphatic rings. The van der Waals surface area contributed by atoms with Crippen LogP contribution >= 0.6 is 12.6 Å². The molecule has 64 valence electrons. The monoisotopic (exact) mass is 179 g/mol. The number of hydrogen-bond donors (Lipinski definition) is 2. The van der Waals surface area contributed by atoms with Gasteiger partial charge in [0.1, 0.15) is 0 Å². The number of hydrogen-bond acceptors (Lipinski definition) is 2. The summed E-state index contributed by atoms with van der Waals surface area (Å²) in [6.45, 7) is 0. The third kappa shape index (κ3) is 1.50. The van der Waals surface area contributed by atoms with Crippen LogP contribution in [0.15, 0.2) is 23.1 Å². The lowest BCUT2D eigenvalue weighted by atomic mass is 9.89. The molecule has 0 aliphatic heterocycles. The summed E-state index contributed by atoms with van der Waals surface area (Å²) >= 11 is 4.31. The van der Waals surface area contributed by atoms with Crippen LogP contribution in [0.3, 0.4) is 0 Å². The Morgan fingerprint density at radius 1 is 1.33 bits per heavy atom. The van der Waals surface area contributed by atoms with Gasteiger partial charge in [-0.1, -0.05) is 6.07 Å². The maximum absolute atomic E-state index is 5.87. The van der Waals surface area contributed by atoms with Crippen molar-refractivity contribution in [2.24, 2.45) is 5.73 Å². The maximum Gasteiger partial charge on any atom is 0.00825 e. The van der Waals surface area contributed by atoms with E-state index in [1.54, 1.807) is 0 Å². The molecule has 0 radical (unpaired) electrons. The van der Waals surface area contributed by atoms with E-state index in [0.717, 1.165) is 24.2 Å². The molecule has 0 amide bonds. The van der Waals surface area contributed by atoms with Crippen molar-refractivity contribution in [1.29, 1.82) is 0 Å². The van der Waals surface area contributed by atoms with Gasteiger partial charge in [-0.15, -0.1) is 12.6 Å². The second-order valence-electron chi connectivity index (χ2n) is 3.46. The Bertz CT molecular complexity index is 296. The Morgan fingerprint density at radius 2 is 2.17 bits per heavy atom. The second-order valence-corrected chi connectivity index (χ2v) is 3.97. The number of rotatable bonds is 0. The predicted molar refractivity (Wildman–Crippen MR) is 53.7 cm³/mol. The van der Waals surface area contributed by atoms with Gasteiger partial charge in [0.2, 0.25) is 0 Å². The van der Waals surface area contributed by atoms with Gasteiger partial charge in [-0.25, -0.2) is 0 Å². The SMILES string of the molecule is NC1CCc2ccc(S)cc2C1. The van der Waals surface area contributed by atoms with Crippen molar-refractivity contribution in [3.8, 4) is 0 Å². The largest absolute Gasteiger partial charge is 0.327 e. The number of aryl methyl sites for hydroxylation is 1. The fourth-order valence-electron chi connectivity index (χ4n) is 1.77. The van der Waals surface area contributed by atoms with Crippen molar-refractivity contribution in [3.05, 3.63) is 29.3 Å². The fourth-order valence-corrected chi connectivity index (χ4v) is 2.00. The Kier molecular flexibility index (Phi) is 2.11. The zero-order valence-electron chi connectivity index (χ0n) is 6.96. The molecule has 0 saturated heterocycles. The highest BCUT2D eigenvalue weighted by Crippen LogP contribution is 2.22. The third-order valence-corrected chi connectivity index (χ3v) is 2.73. The zero-order valence-corrected chi connectivity index (χ0v) is 7.85. The van der Waals surface area contributed by atoms with Crippen LogP contribution in [0, 0.1) is 0 Å². The molecule has 2 N–H and O–H groups in total. The maximum atomic E-state index is 5.87. The van der Waals surface area contributed by atoms with Gasteiger partial charge < -0.3 is 5.73 Å². The molecule has 1 atom stereocenters. The van der Waals surface area contributed by atoms with Gasteiger partial charge in [-0.05, 0) is 42.5 Å². The second kappa shape index (κ2) is 3.11. The van der Waals surface area contributed by atoms with Crippen molar-refractivity contribution in [3.63, 3.8) is 0 Å². The van der Waals surface area contributed by atoms with Gasteiger partial charge in [0, 0.05) is 10.9 Å². The summed E-state index contributed by atoms with van der Waals surface area (Å²) in [5.74, 6) is 0. The van der Waals surface area contributed by atoms with Gasteiger partial charge in [0.25, 0.3) is 0 Å². The normalized spacial score (nSPS) is 22.0. The Morgan fingerprint density at radius 3 is 3.00 bits per heavy atom. The first-order valence-electron chi connectivity index (χ1n) is 4.32. The minimum absolute atomic E-state index is 0.354. The topological polar surface area (TPSA) is 26.0 Å². The van der Waals surface area contributed by atoms with E-state index in [4.69, 9.17) is 5.73 Å². The summed E-state index contributed by atoms with van der Waals surface area (Å²) in [4.78, 5) is 1.04. The van der Waals surface area contributed by atoms with Crippen molar-refractivity contribution in [2.75, 3.05) is 0 Å². The molecule has 0 fully saturated rings. The van der Waals surface area contributed by atoms with Crippen LogP contribution in [0.5, 0.6) is 0 Å². The van der Waals surface area contributed by atoms with Gasteiger partial charge in [-0.2, -0.15) is 0 Å². The van der Waals surface area contributed by atoms with Crippen LogP contribution in [0.1, 0.15) is 17.5 Å². The molecular formula is C10H13NS. The van der Waals surface area contributed by atoms with Gasteiger partial charge in [0.15, 0.2) is 0 Å². The minimum Gasteiger partial charge on any atom is -0.327 e. The smallest absolute Gasteiger partial charge is 0.00825 e. The summed E-state index contributed by atoms with van der Waals surface area (Å²) in [5, 5.41) is 0. The molecule has 2 rings (SSSR count). The highest BCUT2D eigenvalue weighted by molar-refractivity contribution is 7.80. The number of thiol groups is 1. The van der Waals surface area contributed by atoms with E-state index in [1.807, 2.05) is 0 Å². The first-order chi connectivity index (χ1) is 5.75. The lowest BCUT2D eigenvalue weighted by molar-refractivity contribution is 0.575. The van der Waals surface area contributed by atoms with Crippen LogP contribution in [-0.2, 0) is 12.8 Å². The fraction of sp³-hybridized carbons (Fsp3) is 0.400. The summed E-state index contributed by atoms with van der Waals surface area (Å²) in [6.07, 6.45) is 3.27. The highest BCUT2D eigenvalue weighted by Gasteiger charge is 2.14. The van der Waals surface area contributed by atoms with Crippen LogP contribution in [-0.4, -0.2) is 6.04 Å². The summed E-state index contributed by atoms with van der Waals surface area (Å²) < 4.78 is 0. The molecular weight excluding hydrogens is 166 g/mol. The highest BCUT2D eigenvalue weighted by atomic mass is 32.1. The number of fused-ring (bicyclic) bond motifs is 1. The molecule has 0 aromatic heterocycles. The van der Waals surface area contributed by atoms with Gasteiger partial charge >= 0.3 is 0 Å². The van der Waals surface area contributed by atoms with Crippen molar-refractivity contribution >= 4 is 12.6 Å². The molecule has 1 aromatic carbocycles. The molecule has 0 spiro atoms. The molecule has 1 unspecified atom stereocenters. The van der Waals surface area contributed by atoms with Gasteiger partial charge in [0.05, 0.1) is 0 Å². The predicted octanol–water partition coefficient (Wildman–Crippen LogP) is 1.79. The van der Waals surface area contributed by atoms with Crippen LogP contribution in [0.4, 0.5) is 0 Å². The van der Waals surface area contributed by atoms with E-state index < -0.39 is 0 Å². The zero-order chi connectivity index (χ0) is 8.55. The molecule has 1 nitrogen and oxygen atoms in total. The molecule has 1 aliphatic carbocycles. The lowest BCUT2D eigenvalue weighted by Gasteiger charge is -2.21. The number of nitrogens with two attached hydrogens (primary N) is 1. The average Bonchev–Trinajstić information content (AvgIpc) is 2.03. The van der Waals surface area contributed by atoms with E-state index in [9.17, 15) is 0 Å². The van der Waals surface area contributed by atoms with Crippen LogP contribution < -0.4 is 5.73 Å². The molecule has 1 aromatic rings. The third-order valence-electron chi connectivity index (χ3n) is 2.46. The Hall–Kier alpha value is -0.470. The van der Waals surface area contributed by atoms with Crippen molar-refractivity contribution in [1.82, 2.24) is 0 Å². The first kappa shape index (κ1) is 8.14. The van der Waals surface area contributed by atoms with E-state index in [1.165, 1.54) is 11.1 Å². The molecule has 12 heavy (non-hydrogen) atoms.